The first kappa shape index (κ1) is 22.9. The zero-order valence-electron chi connectivity index (χ0n) is 18.7. The van der Waals surface area contributed by atoms with Gasteiger partial charge in [0, 0.05) is 27.1 Å². The Morgan fingerprint density at radius 2 is 1.97 bits per heavy atom. The summed E-state index contributed by atoms with van der Waals surface area (Å²) in [5, 5.41) is 15.5. The number of pyridine rings is 1. The smallest absolute Gasteiger partial charge is 0.339 e. The Morgan fingerprint density at radius 1 is 1.18 bits per heavy atom. The van der Waals surface area contributed by atoms with Gasteiger partial charge in [0.15, 0.2) is 5.13 Å². The normalized spacial score (nSPS) is 11.0. The van der Waals surface area contributed by atoms with Crippen molar-refractivity contribution in [2.45, 2.75) is 27.2 Å². The van der Waals surface area contributed by atoms with E-state index in [4.69, 9.17) is 9.72 Å². The van der Waals surface area contributed by atoms with Crippen molar-refractivity contribution in [2.75, 3.05) is 11.9 Å². The maximum Gasteiger partial charge on any atom is 0.339 e. The summed E-state index contributed by atoms with van der Waals surface area (Å²) < 4.78 is 5.55. The lowest BCUT2D eigenvalue weighted by Gasteiger charge is -2.07. The highest BCUT2D eigenvalue weighted by molar-refractivity contribution is 7.16. The quantitative estimate of drug-likeness (QED) is 0.270. The largest absolute Gasteiger partial charge is 0.494 e. The van der Waals surface area contributed by atoms with Gasteiger partial charge in [0.25, 0.3) is 0 Å². The van der Waals surface area contributed by atoms with Crippen LogP contribution in [0.25, 0.3) is 21.7 Å². The number of carboxylic acids is 1. The number of ether oxygens (including phenoxy) is 1. The molecule has 1 aromatic carbocycles. The number of thiazole rings is 1. The second kappa shape index (κ2) is 10.1. The number of nitrogens with zero attached hydrogens (tertiary/aromatic N) is 2. The molecule has 0 saturated carbocycles. The van der Waals surface area contributed by atoms with E-state index in [1.54, 1.807) is 23.6 Å². The Labute approximate surface area is 200 Å². The molecule has 0 aliphatic carbocycles. The number of anilines is 2. The van der Waals surface area contributed by atoms with Gasteiger partial charge in [0.2, 0.25) is 0 Å². The minimum atomic E-state index is -1.03. The lowest BCUT2D eigenvalue weighted by molar-refractivity contribution is 0.0697. The van der Waals surface area contributed by atoms with Gasteiger partial charge in [-0.1, -0.05) is 19.9 Å². The second-order valence-corrected chi connectivity index (χ2v) is 9.91. The van der Waals surface area contributed by atoms with E-state index < -0.39 is 5.97 Å². The van der Waals surface area contributed by atoms with Crippen molar-refractivity contribution >= 4 is 39.6 Å². The van der Waals surface area contributed by atoms with Gasteiger partial charge in [0.05, 0.1) is 12.3 Å². The van der Waals surface area contributed by atoms with Crippen LogP contribution in [0, 0.1) is 5.92 Å². The topological polar surface area (TPSA) is 84.3 Å². The molecule has 0 amide bonds. The number of thiophene rings is 1. The molecule has 4 rings (SSSR count). The molecule has 0 spiro atoms. The van der Waals surface area contributed by atoms with Crippen LogP contribution >= 0.6 is 22.7 Å². The fourth-order valence-corrected chi connectivity index (χ4v) is 5.33. The van der Waals surface area contributed by atoms with Gasteiger partial charge in [-0.15, -0.1) is 22.7 Å². The Bertz CT molecular complexity index is 1230. The molecule has 6 nitrogen and oxygen atoms in total. The minimum Gasteiger partial charge on any atom is -0.494 e. The summed E-state index contributed by atoms with van der Waals surface area (Å²) >= 11 is 3.08. The second-order valence-electron chi connectivity index (χ2n) is 7.87. The average molecular weight is 480 g/mol. The Morgan fingerprint density at radius 3 is 2.61 bits per heavy atom. The molecule has 4 aromatic rings. The molecule has 0 radical (unpaired) electrons. The lowest BCUT2D eigenvalue weighted by atomic mass is 10.0. The molecule has 0 unspecified atom stereocenters. The number of hydrogen-bond acceptors (Lipinski definition) is 7. The fourth-order valence-electron chi connectivity index (χ4n) is 3.42. The van der Waals surface area contributed by atoms with E-state index in [2.05, 4.69) is 24.1 Å². The number of carboxylic acid groups (broad SMARTS) is 1. The fraction of sp³-hybridized carbons (Fsp3) is 0.240. The predicted octanol–water partition coefficient (Wildman–Crippen LogP) is 6.97. The maximum atomic E-state index is 12.0. The number of nitrogens with one attached hydrogen (secondary N) is 1. The van der Waals surface area contributed by atoms with E-state index in [9.17, 15) is 9.90 Å². The molecule has 170 valence electrons. The molecule has 0 fully saturated rings. The summed E-state index contributed by atoms with van der Waals surface area (Å²) in [5.74, 6) is 0.527. The third-order valence-electron chi connectivity index (χ3n) is 4.88. The predicted molar refractivity (Wildman–Crippen MR) is 135 cm³/mol. The van der Waals surface area contributed by atoms with E-state index >= 15 is 0 Å². The molecule has 0 aliphatic rings. The molecule has 0 atom stereocenters. The van der Waals surface area contributed by atoms with Gasteiger partial charge in [-0.2, -0.15) is 0 Å². The molecule has 0 aliphatic heterocycles. The van der Waals surface area contributed by atoms with Crippen LogP contribution in [-0.4, -0.2) is 27.7 Å². The van der Waals surface area contributed by atoms with E-state index in [-0.39, 0.29) is 11.4 Å². The molecule has 33 heavy (non-hydrogen) atoms. The standard InChI is InChI=1S/C25H25N3O3S2/c1-4-31-18-9-7-16(8-10-18)22-21(12-15(2)3)33-25(27-22)28-23-19(24(29)30)13-17(14-26-23)20-6-5-11-32-20/h5-11,13-15H,4,12H2,1-3H3,(H,29,30)(H,26,27,28). The van der Waals surface area contributed by atoms with E-state index in [0.717, 1.165) is 38.7 Å². The van der Waals surface area contributed by atoms with Gasteiger partial charge >= 0.3 is 5.97 Å². The summed E-state index contributed by atoms with van der Waals surface area (Å²) in [4.78, 5) is 23.3. The summed E-state index contributed by atoms with van der Waals surface area (Å²) in [6.45, 7) is 6.91. The number of hydrogen-bond donors (Lipinski definition) is 2. The van der Waals surface area contributed by atoms with Crippen LogP contribution < -0.4 is 10.1 Å². The van der Waals surface area contributed by atoms with Crippen LogP contribution in [-0.2, 0) is 6.42 Å². The van der Waals surface area contributed by atoms with Crippen molar-refractivity contribution < 1.29 is 14.6 Å². The Kier molecular flexibility index (Phi) is 7.05. The molecular formula is C25H25N3O3S2. The van der Waals surface area contributed by atoms with Crippen LogP contribution in [0.5, 0.6) is 5.75 Å². The number of benzene rings is 1. The molecule has 3 aromatic heterocycles. The summed E-state index contributed by atoms with van der Waals surface area (Å²) in [6, 6.07) is 13.4. The number of carbonyl (C=O) groups is 1. The molecule has 2 N–H and O–H groups in total. The molecule has 0 bridgehead atoms. The highest BCUT2D eigenvalue weighted by atomic mass is 32.1. The van der Waals surface area contributed by atoms with Crippen LogP contribution in [0.3, 0.4) is 0 Å². The van der Waals surface area contributed by atoms with Crippen molar-refractivity contribution in [1.29, 1.82) is 0 Å². The summed E-state index contributed by atoms with van der Waals surface area (Å²) in [6.07, 6.45) is 2.56. The first-order valence-electron chi connectivity index (χ1n) is 10.7. The van der Waals surface area contributed by atoms with Crippen LogP contribution in [0.15, 0.2) is 54.0 Å². The first-order chi connectivity index (χ1) is 15.9. The Balaban J connectivity index is 1.67. The molecule has 3 heterocycles. The van der Waals surface area contributed by atoms with Crippen molar-refractivity contribution in [3.63, 3.8) is 0 Å². The van der Waals surface area contributed by atoms with Gasteiger partial charge < -0.3 is 15.2 Å². The van der Waals surface area contributed by atoms with Crippen molar-refractivity contribution in [3.05, 3.63) is 64.5 Å². The molecule has 8 heteroatoms. The highest BCUT2D eigenvalue weighted by Crippen LogP contribution is 2.36. The number of aromatic carboxylic acids is 1. The van der Waals surface area contributed by atoms with Crippen molar-refractivity contribution in [1.82, 2.24) is 9.97 Å². The van der Waals surface area contributed by atoms with Gasteiger partial charge in [-0.25, -0.2) is 14.8 Å². The third-order valence-corrected chi connectivity index (χ3v) is 6.79. The van der Waals surface area contributed by atoms with Gasteiger partial charge in [-0.05, 0) is 61.0 Å². The summed E-state index contributed by atoms with van der Waals surface area (Å²) in [5.41, 5.74) is 2.79. The summed E-state index contributed by atoms with van der Waals surface area (Å²) in [7, 11) is 0. The minimum absolute atomic E-state index is 0.115. The van der Waals surface area contributed by atoms with Gasteiger partial charge in [-0.3, -0.25) is 0 Å². The van der Waals surface area contributed by atoms with E-state index in [1.807, 2.05) is 48.7 Å². The van der Waals surface area contributed by atoms with Crippen molar-refractivity contribution in [2.24, 2.45) is 5.92 Å². The zero-order chi connectivity index (χ0) is 23.4. The monoisotopic (exact) mass is 479 g/mol. The molecular weight excluding hydrogens is 454 g/mol. The van der Waals surface area contributed by atoms with E-state index in [1.165, 1.54) is 11.3 Å². The van der Waals surface area contributed by atoms with Crippen LogP contribution in [0.1, 0.15) is 36.0 Å². The van der Waals surface area contributed by atoms with E-state index in [0.29, 0.717) is 17.7 Å². The SMILES string of the molecule is CCOc1ccc(-c2nc(Nc3ncc(-c4cccs4)cc3C(=O)O)sc2CC(C)C)cc1. The molecule has 0 saturated heterocycles. The van der Waals surface area contributed by atoms with Crippen molar-refractivity contribution in [3.8, 4) is 27.4 Å². The van der Waals surface area contributed by atoms with Crippen LogP contribution in [0.2, 0.25) is 0 Å². The average Bonchev–Trinajstić information content (AvgIpc) is 3.45. The lowest BCUT2D eigenvalue weighted by Crippen LogP contribution is -2.05. The maximum absolute atomic E-state index is 12.0. The number of rotatable bonds is 9. The highest BCUT2D eigenvalue weighted by Gasteiger charge is 2.19. The zero-order valence-corrected chi connectivity index (χ0v) is 20.3. The first-order valence-corrected chi connectivity index (χ1v) is 12.4. The van der Waals surface area contributed by atoms with Gasteiger partial charge in [0.1, 0.15) is 17.1 Å². The number of aromatic nitrogens is 2. The third kappa shape index (κ3) is 5.40. The Hall–Kier alpha value is -3.23. The van der Waals surface area contributed by atoms with Crippen LogP contribution in [0.4, 0.5) is 10.9 Å².